The standard InChI is InChI=1S/C10H14N6O2/c1-6-3-10(16-15-6)18-9-4-7(14-11)12-8(13-9)5-17-2/h3-4H,5,11H2,1-2H3,(H,15,16)(H,12,13,14). The predicted molar refractivity (Wildman–Crippen MR) is 64.0 cm³/mol. The highest BCUT2D eigenvalue weighted by Crippen LogP contribution is 2.20. The SMILES string of the molecule is COCc1nc(NN)cc(Oc2cc(C)[nH]n2)n1. The van der Waals surface area contributed by atoms with E-state index in [0.717, 1.165) is 5.69 Å². The lowest BCUT2D eigenvalue weighted by Gasteiger charge is -2.06. The van der Waals surface area contributed by atoms with E-state index >= 15 is 0 Å². The van der Waals surface area contributed by atoms with Crippen molar-refractivity contribution in [2.45, 2.75) is 13.5 Å². The van der Waals surface area contributed by atoms with Gasteiger partial charge in [0.15, 0.2) is 5.82 Å². The highest BCUT2D eigenvalue weighted by molar-refractivity contribution is 5.38. The van der Waals surface area contributed by atoms with Gasteiger partial charge < -0.3 is 14.9 Å². The second-order valence-electron chi connectivity index (χ2n) is 3.58. The number of nitrogens with two attached hydrogens (primary N) is 1. The molecule has 0 saturated heterocycles. The summed E-state index contributed by atoms with van der Waals surface area (Å²) in [5, 5.41) is 6.73. The first-order valence-corrected chi connectivity index (χ1v) is 5.24. The van der Waals surface area contributed by atoms with Gasteiger partial charge in [0.25, 0.3) is 0 Å². The van der Waals surface area contributed by atoms with Crippen LogP contribution in [-0.4, -0.2) is 27.3 Å². The van der Waals surface area contributed by atoms with Gasteiger partial charge in [-0.3, -0.25) is 5.10 Å². The van der Waals surface area contributed by atoms with Crippen LogP contribution in [0.3, 0.4) is 0 Å². The number of H-pyrrole nitrogens is 1. The molecule has 96 valence electrons. The molecule has 2 aromatic rings. The molecule has 0 aliphatic heterocycles. The zero-order valence-electron chi connectivity index (χ0n) is 10.1. The molecule has 0 saturated carbocycles. The number of methoxy groups -OCH3 is 1. The minimum Gasteiger partial charge on any atom is -0.419 e. The van der Waals surface area contributed by atoms with Gasteiger partial charge in [-0.15, -0.1) is 5.10 Å². The number of nitrogen functional groups attached to an aromatic ring is 1. The average molecular weight is 250 g/mol. The van der Waals surface area contributed by atoms with Gasteiger partial charge in [-0.2, -0.15) is 4.98 Å². The fourth-order valence-corrected chi connectivity index (χ4v) is 1.35. The Balaban J connectivity index is 2.23. The smallest absolute Gasteiger partial charge is 0.240 e. The van der Waals surface area contributed by atoms with E-state index in [9.17, 15) is 0 Å². The zero-order valence-corrected chi connectivity index (χ0v) is 10.1. The third kappa shape index (κ3) is 2.93. The Bertz CT molecular complexity index is 527. The fraction of sp³-hybridized carbons (Fsp3) is 0.300. The van der Waals surface area contributed by atoms with E-state index in [2.05, 4.69) is 25.6 Å². The number of nitrogens with zero attached hydrogens (tertiary/aromatic N) is 3. The van der Waals surface area contributed by atoms with E-state index in [1.54, 1.807) is 19.2 Å². The van der Waals surface area contributed by atoms with E-state index in [-0.39, 0.29) is 6.61 Å². The zero-order chi connectivity index (χ0) is 13.0. The van der Waals surface area contributed by atoms with E-state index in [0.29, 0.717) is 23.4 Å². The summed E-state index contributed by atoms with van der Waals surface area (Å²) >= 11 is 0. The molecule has 0 spiro atoms. The summed E-state index contributed by atoms with van der Waals surface area (Å²) in [5.74, 6) is 7.01. The molecule has 2 rings (SSSR count). The van der Waals surface area contributed by atoms with Crippen LogP contribution in [0.1, 0.15) is 11.5 Å². The molecule has 8 nitrogen and oxygen atoms in total. The summed E-state index contributed by atoms with van der Waals surface area (Å²) in [4.78, 5) is 8.28. The third-order valence-electron chi connectivity index (χ3n) is 2.06. The van der Waals surface area contributed by atoms with Crippen molar-refractivity contribution in [1.82, 2.24) is 20.2 Å². The second-order valence-corrected chi connectivity index (χ2v) is 3.58. The first-order chi connectivity index (χ1) is 8.71. The number of aromatic amines is 1. The molecular weight excluding hydrogens is 236 g/mol. The monoisotopic (exact) mass is 250 g/mol. The summed E-state index contributed by atoms with van der Waals surface area (Å²) in [7, 11) is 1.56. The molecule has 2 aromatic heterocycles. The average Bonchev–Trinajstić information content (AvgIpc) is 2.75. The van der Waals surface area contributed by atoms with Crippen molar-refractivity contribution in [3.63, 3.8) is 0 Å². The molecule has 18 heavy (non-hydrogen) atoms. The first-order valence-electron chi connectivity index (χ1n) is 5.24. The Morgan fingerprint density at radius 3 is 2.78 bits per heavy atom. The number of hydrogen-bond acceptors (Lipinski definition) is 7. The summed E-state index contributed by atoms with van der Waals surface area (Å²) in [6, 6.07) is 3.33. The molecule has 0 aliphatic rings. The number of aryl methyl sites for hydroxylation is 1. The van der Waals surface area contributed by atoms with Crippen LogP contribution in [0.25, 0.3) is 0 Å². The lowest BCUT2D eigenvalue weighted by atomic mass is 10.5. The number of nitrogens with one attached hydrogen (secondary N) is 2. The fourth-order valence-electron chi connectivity index (χ4n) is 1.35. The molecule has 0 aliphatic carbocycles. The van der Waals surface area contributed by atoms with Crippen molar-refractivity contribution in [1.29, 1.82) is 0 Å². The van der Waals surface area contributed by atoms with Crippen LogP contribution in [-0.2, 0) is 11.3 Å². The van der Waals surface area contributed by atoms with Gasteiger partial charge in [0.1, 0.15) is 12.4 Å². The minimum absolute atomic E-state index is 0.269. The lowest BCUT2D eigenvalue weighted by Crippen LogP contribution is -2.11. The molecule has 0 atom stereocenters. The van der Waals surface area contributed by atoms with Crippen molar-refractivity contribution in [3.05, 3.63) is 23.7 Å². The predicted octanol–water partition coefficient (Wildman–Crippen LogP) is 0.732. The van der Waals surface area contributed by atoms with Gasteiger partial charge in [-0.25, -0.2) is 10.8 Å². The van der Waals surface area contributed by atoms with Crippen molar-refractivity contribution in [3.8, 4) is 11.8 Å². The molecule has 0 fully saturated rings. The maximum atomic E-state index is 5.48. The van der Waals surface area contributed by atoms with E-state index in [1.165, 1.54) is 0 Å². The van der Waals surface area contributed by atoms with E-state index < -0.39 is 0 Å². The Hall–Kier alpha value is -2.19. The molecule has 0 aromatic carbocycles. The number of aromatic nitrogens is 4. The molecule has 4 N–H and O–H groups in total. The quantitative estimate of drug-likeness (QED) is 0.530. The molecule has 2 heterocycles. The van der Waals surface area contributed by atoms with Crippen molar-refractivity contribution in [2.24, 2.45) is 5.84 Å². The number of rotatable bonds is 5. The van der Waals surface area contributed by atoms with Gasteiger partial charge in [-0.1, -0.05) is 0 Å². The van der Waals surface area contributed by atoms with Crippen LogP contribution in [0.15, 0.2) is 12.1 Å². The van der Waals surface area contributed by atoms with Gasteiger partial charge in [-0.05, 0) is 6.92 Å². The van der Waals surface area contributed by atoms with Gasteiger partial charge >= 0.3 is 0 Å². The topological polar surface area (TPSA) is 111 Å². The molecule has 8 heteroatoms. The Labute approximate surface area is 104 Å². The van der Waals surface area contributed by atoms with Gasteiger partial charge in [0, 0.05) is 24.9 Å². The summed E-state index contributed by atoms with van der Waals surface area (Å²) < 4.78 is 10.4. The highest BCUT2D eigenvalue weighted by Gasteiger charge is 2.07. The Morgan fingerprint density at radius 1 is 1.33 bits per heavy atom. The van der Waals surface area contributed by atoms with Gasteiger partial charge in [0.05, 0.1) is 0 Å². The Kier molecular flexibility index (Phi) is 3.70. The summed E-state index contributed by atoms with van der Waals surface area (Å²) in [6.45, 7) is 2.15. The lowest BCUT2D eigenvalue weighted by molar-refractivity contribution is 0.177. The number of hydrazine groups is 1. The number of anilines is 1. The molecule has 0 unspecified atom stereocenters. The van der Waals surface area contributed by atoms with Crippen LogP contribution in [0.5, 0.6) is 11.8 Å². The van der Waals surface area contributed by atoms with Crippen molar-refractivity contribution >= 4 is 5.82 Å². The van der Waals surface area contributed by atoms with Crippen LogP contribution in [0, 0.1) is 6.92 Å². The largest absolute Gasteiger partial charge is 0.419 e. The maximum absolute atomic E-state index is 5.48. The number of ether oxygens (including phenoxy) is 2. The minimum atomic E-state index is 0.269. The van der Waals surface area contributed by atoms with Crippen molar-refractivity contribution in [2.75, 3.05) is 12.5 Å². The molecule has 0 bridgehead atoms. The maximum Gasteiger partial charge on any atom is 0.240 e. The van der Waals surface area contributed by atoms with E-state index in [1.807, 2.05) is 6.92 Å². The summed E-state index contributed by atoms with van der Waals surface area (Å²) in [5.41, 5.74) is 3.34. The molecule has 0 amide bonds. The van der Waals surface area contributed by atoms with Crippen molar-refractivity contribution < 1.29 is 9.47 Å². The first kappa shape index (κ1) is 12.3. The van der Waals surface area contributed by atoms with Gasteiger partial charge in [0.2, 0.25) is 11.8 Å². The Morgan fingerprint density at radius 2 is 2.17 bits per heavy atom. The van der Waals surface area contributed by atoms with Crippen LogP contribution in [0.4, 0.5) is 5.82 Å². The van der Waals surface area contributed by atoms with Crippen LogP contribution in [0.2, 0.25) is 0 Å². The summed E-state index contributed by atoms with van der Waals surface area (Å²) in [6.07, 6.45) is 0. The number of hydrogen-bond donors (Lipinski definition) is 3. The second kappa shape index (κ2) is 5.43. The van der Waals surface area contributed by atoms with Crippen LogP contribution >= 0.6 is 0 Å². The third-order valence-corrected chi connectivity index (χ3v) is 2.06. The van der Waals surface area contributed by atoms with E-state index in [4.69, 9.17) is 15.3 Å². The highest BCUT2D eigenvalue weighted by atomic mass is 16.5. The van der Waals surface area contributed by atoms with Crippen LogP contribution < -0.4 is 16.0 Å². The molecule has 0 radical (unpaired) electrons. The molecular formula is C10H14N6O2. The normalized spacial score (nSPS) is 10.4.